The number of ether oxygens (including phenoxy) is 1. The lowest BCUT2D eigenvalue weighted by Crippen LogP contribution is -1.92. The first-order valence-corrected chi connectivity index (χ1v) is 3.29. The van der Waals surface area contributed by atoms with Gasteiger partial charge in [0.15, 0.2) is 0 Å². The minimum absolute atomic E-state index is 0.311. The maximum atomic E-state index is 10.9. The highest BCUT2D eigenvalue weighted by molar-refractivity contribution is 5.94. The minimum Gasteiger partial charge on any atom is -0.457 e. The lowest BCUT2D eigenvalue weighted by Gasteiger charge is -1.92. The SMILES string of the molecule is [NH]c1ccc2c(c1)C(=O)OC2. The van der Waals surface area contributed by atoms with Crippen LogP contribution in [0.5, 0.6) is 0 Å². The van der Waals surface area contributed by atoms with Gasteiger partial charge >= 0.3 is 5.97 Å². The van der Waals surface area contributed by atoms with E-state index in [2.05, 4.69) is 0 Å². The van der Waals surface area contributed by atoms with Crippen LogP contribution in [0.3, 0.4) is 0 Å². The predicted molar refractivity (Wildman–Crippen MR) is 38.3 cm³/mol. The van der Waals surface area contributed by atoms with Crippen LogP contribution in [-0.4, -0.2) is 5.97 Å². The van der Waals surface area contributed by atoms with E-state index in [0.717, 1.165) is 5.56 Å². The number of rotatable bonds is 0. The van der Waals surface area contributed by atoms with Gasteiger partial charge in [0, 0.05) is 5.56 Å². The highest BCUT2D eigenvalue weighted by Crippen LogP contribution is 2.21. The van der Waals surface area contributed by atoms with Crippen molar-refractivity contribution in [2.45, 2.75) is 6.61 Å². The molecule has 11 heavy (non-hydrogen) atoms. The van der Waals surface area contributed by atoms with E-state index in [1.165, 1.54) is 6.07 Å². The number of hydrogen-bond acceptors (Lipinski definition) is 2. The van der Waals surface area contributed by atoms with Crippen LogP contribution >= 0.6 is 0 Å². The summed E-state index contributed by atoms with van der Waals surface area (Å²) in [5, 5.41) is 0. The normalized spacial score (nSPS) is 14.4. The second-order valence-electron chi connectivity index (χ2n) is 2.45. The minimum atomic E-state index is -0.311. The first-order chi connectivity index (χ1) is 5.27. The van der Waals surface area contributed by atoms with Gasteiger partial charge in [0.2, 0.25) is 0 Å². The van der Waals surface area contributed by atoms with Crippen LogP contribution < -0.4 is 5.73 Å². The zero-order chi connectivity index (χ0) is 7.84. The Morgan fingerprint density at radius 1 is 1.45 bits per heavy atom. The summed E-state index contributed by atoms with van der Waals surface area (Å²) in [7, 11) is 0. The molecule has 0 amide bonds. The number of nitrogens with one attached hydrogen (secondary N) is 1. The fourth-order valence-electron chi connectivity index (χ4n) is 1.11. The van der Waals surface area contributed by atoms with Crippen molar-refractivity contribution in [3.63, 3.8) is 0 Å². The van der Waals surface area contributed by atoms with Gasteiger partial charge in [-0.2, -0.15) is 0 Å². The quantitative estimate of drug-likeness (QED) is 0.520. The van der Waals surface area contributed by atoms with Gasteiger partial charge in [0.25, 0.3) is 0 Å². The highest BCUT2D eigenvalue weighted by atomic mass is 16.5. The number of cyclic esters (lactones) is 1. The van der Waals surface area contributed by atoms with E-state index in [1.54, 1.807) is 12.1 Å². The Hall–Kier alpha value is -1.51. The molecule has 1 aliphatic heterocycles. The van der Waals surface area contributed by atoms with E-state index in [-0.39, 0.29) is 5.97 Å². The predicted octanol–water partition coefficient (Wildman–Crippen LogP) is 1.27. The van der Waals surface area contributed by atoms with Crippen molar-refractivity contribution in [3.05, 3.63) is 29.3 Å². The van der Waals surface area contributed by atoms with Crippen LogP contribution in [0.2, 0.25) is 0 Å². The van der Waals surface area contributed by atoms with E-state index < -0.39 is 0 Å². The number of carbonyl (C=O) groups excluding carboxylic acids is 1. The van der Waals surface area contributed by atoms with Gasteiger partial charge in [-0.15, -0.1) is 0 Å². The Labute approximate surface area is 63.8 Å². The zero-order valence-electron chi connectivity index (χ0n) is 5.76. The molecule has 1 heterocycles. The lowest BCUT2D eigenvalue weighted by molar-refractivity contribution is 0.0535. The van der Waals surface area contributed by atoms with Crippen molar-refractivity contribution in [1.82, 2.24) is 5.73 Å². The summed E-state index contributed by atoms with van der Waals surface area (Å²) >= 11 is 0. The van der Waals surface area contributed by atoms with Crippen molar-refractivity contribution < 1.29 is 9.53 Å². The van der Waals surface area contributed by atoms with Crippen LogP contribution in [0.4, 0.5) is 5.69 Å². The summed E-state index contributed by atoms with van der Waals surface area (Å²) in [5.74, 6) is -0.311. The van der Waals surface area contributed by atoms with E-state index in [4.69, 9.17) is 10.5 Å². The molecule has 1 aromatic carbocycles. The molecule has 0 saturated carbocycles. The monoisotopic (exact) mass is 148 g/mol. The topological polar surface area (TPSA) is 50.1 Å². The standard InChI is InChI=1S/C8H6NO2/c9-6-2-1-5-4-11-8(10)7(5)3-6/h1-3,9H,4H2. The number of benzene rings is 1. The highest BCUT2D eigenvalue weighted by Gasteiger charge is 2.20. The van der Waals surface area contributed by atoms with Gasteiger partial charge in [-0.1, -0.05) is 6.07 Å². The van der Waals surface area contributed by atoms with Gasteiger partial charge in [0.1, 0.15) is 6.61 Å². The first-order valence-electron chi connectivity index (χ1n) is 3.29. The molecule has 0 atom stereocenters. The van der Waals surface area contributed by atoms with Gasteiger partial charge in [-0.05, 0) is 12.1 Å². The third-order valence-corrected chi connectivity index (χ3v) is 1.69. The summed E-state index contributed by atoms with van der Waals surface area (Å²) in [6.07, 6.45) is 0. The van der Waals surface area contributed by atoms with E-state index in [9.17, 15) is 4.79 Å². The van der Waals surface area contributed by atoms with Crippen molar-refractivity contribution in [2.75, 3.05) is 0 Å². The molecule has 2 rings (SSSR count). The average Bonchev–Trinajstić information content (AvgIpc) is 2.33. The smallest absolute Gasteiger partial charge is 0.338 e. The van der Waals surface area contributed by atoms with Crippen molar-refractivity contribution in [1.29, 1.82) is 0 Å². The van der Waals surface area contributed by atoms with Crippen LogP contribution in [0.1, 0.15) is 15.9 Å². The third kappa shape index (κ3) is 0.852. The largest absolute Gasteiger partial charge is 0.457 e. The number of carbonyl (C=O) groups is 1. The Balaban J connectivity index is 2.60. The molecule has 0 aromatic heterocycles. The molecule has 0 bridgehead atoms. The van der Waals surface area contributed by atoms with Gasteiger partial charge < -0.3 is 10.5 Å². The Morgan fingerprint density at radius 2 is 2.27 bits per heavy atom. The number of hydrogen-bond donors (Lipinski definition) is 0. The number of fused-ring (bicyclic) bond motifs is 1. The van der Waals surface area contributed by atoms with E-state index in [0.29, 0.717) is 17.9 Å². The van der Waals surface area contributed by atoms with Crippen LogP contribution in [0.15, 0.2) is 18.2 Å². The van der Waals surface area contributed by atoms with Gasteiger partial charge in [0.05, 0.1) is 11.3 Å². The molecule has 3 heteroatoms. The fourth-order valence-corrected chi connectivity index (χ4v) is 1.11. The van der Waals surface area contributed by atoms with Crippen molar-refractivity contribution in [2.24, 2.45) is 0 Å². The summed E-state index contributed by atoms with van der Waals surface area (Å²) in [6, 6.07) is 4.94. The molecule has 0 fully saturated rings. The summed E-state index contributed by atoms with van der Waals surface area (Å²) in [6.45, 7) is 0.356. The van der Waals surface area contributed by atoms with Gasteiger partial charge in [-0.3, -0.25) is 0 Å². The Bertz CT molecular complexity index is 320. The van der Waals surface area contributed by atoms with Crippen LogP contribution in [0, 0.1) is 0 Å². The maximum Gasteiger partial charge on any atom is 0.338 e. The summed E-state index contributed by atoms with van der Waals surface area (Å²) < 4.78 is 4.76. The molecular formula is C8H6NO2. The number of esters is 1. The van der Waals surface area contributed by atoms with E-state index in [1.807, 2.05) is 0 Å². The molecule has 1 aliphatic rings. The second-order valence-corrected chi connectivity index (χ2v) is 2.45. The van der Waals surface area contributed by atoms with Gasteiger partial charge in [-0.25, -0.2) is 4.79 Å². The Kier molecular flexibility index (Phi) is 1.12. The third-order valence-electron chi connectivity index (χ3n) is 1.69. The zero-order valence-corrected chi connectivity index (χ0v) is 5.76. The van der Waals surface area contributed by atoms with Crippen LogP contribution in [0.25, 0.3) is 0 Å². The maximum absolute atomic E-state index is 10.9. The van der Waals surface area contributed by atoms with Crippen molar-refractivity contribution >= 4 is 11.7 Å². The second kappa shape index (κ2) is 1.99. The molecule has 1 radical (unpaired) electrons. The lowest BCUT2D eigenvalue weighted by atomic mass is 10.1. The van der Waals surface area contributed by atoms with Crippen molar-refractivity contribution in [3.8, 4) is 0 Å². The molecule has 55 valence electrons. The molecule has 3 nitrogen and oxygen atoms in total. The molecule has 0 saturated heterocycles. The summed E-state index contributed by atoms with van der Waals surface area (Å²) in [5.41, 5.74) is 9.02. The molecule has 1 N–H and O–H groups in total. The molecule has 0 unspecified atom stereocenters. The molecule has 0 aliphatic carbocycles. The van der Waals surface area contributed by atoms with Crippen LogP contribution in [-0.2, 0) is 11.3 Å². The fraction of sp³-hybridized carbons (Fsp3) is 0.125. The summed E-state index contributed by atoms with van der Waals surface area (Å²) in [4.78, 5) is 10.9. The average molecular weight is 148 g/mol. The molecular weight excluding hydrogens is 142 g/mol. The van der Waals surface area contributed by atoms with E-state index >= 15 is 0 Å². The first kappa shape index (κ1) is 6.22. The molecule has 0 spiro atoms. The molecule has 1 aromatic rings. The Morgan fingerprint density at radius 3 is 3.09 bits per heavy atom.